The van der Waals surface area contributed by atoms with Gasteiger partial charge in [-0.3, -0.25) is 9.69 Å². The molecule has 0 aliphatic carbocycles. The molecule has 1 aliphatic rings. The number of carbonyl (C=O) groups is 1. The largest absolute Gasteiger partial charge is 0.369 e. The third-order valence-corrected chi connectivity index (χ3v) is 5.59. The van der Waals surface area contributed by atoms with Gasteiger partial charge in [-0.2, -0.15) is 0 Å². The third kappa shape index (κ3) is 2.70. The Labute approximate surface area is 156 Å². The lowest BCUT2D eigenvalue weighted by Crippen LogP contribution is -2.44. The topological polar surface area (TPSA) is 58.7 Å². The predicted octanol–water partition coefficient (Wildman–Crippen LogP) is 3.39. The Bertz CT molecular complexity index is 881. The average molecular weight is 361 g/mol. The Morgan fingerprint density at radius 3 is 2.08 bits per heavy atom. The highest BCUT2D eigenvalue weighted by molar-refractivity contribution is 7.09. The summed E-state index contributed by atoms with van der Waals surface area (Å²) in [5, 5.41) is 2.04. The van der Waals surface area contributed by atoms with E-state index in [1.807, 2.05) is 72.1 Å². The number of carbonyl (C=O) groups excluding carboxylic acids is 1. The fourth-order valence-corrected chi connectivity index (χ4v) is 4.07. The van der Waals surface area contributed by atoms with Crippen molar-refractivity contribution >= 4 is 23.2 Å². The van der Waals surface area contributed by atoms with Gasteiger partial charge in [-0.1, -0.05) is 66.7 Å². The molecule has 0 saturated carbocycles. The van der Waals surface area contributed by atoms with Crippen LogP contribution in [-0.2, 0) is 16.8 Å². The first-order valence-electron chi connectivity index (χ1n) is 8.52. The van der Waals surface area contributed by atoms with Gasteiger partial charge in [0.1, 0.15) is 0 Å². The van der Waals surface area contributed by atoms with Gasteiger partial charge in [0, 0.05) is 11.4 Å². The number of amides is 1. The molecule has 0 saturated heterocycles. The van der Waals surface area contributed by atoms with E-state index < -0.39 is 5.54 Å². The van der Waals surface area contributed by atoms with Gasteiger partial charge >= 0.3 is 0 Å². The number of aliphatic imine (C=N–C) groups is 1. The van der Waals surface area contributed by atoms with Crippen molar-refractivity contribution in [1.29, 1.82) is 0 Å². The van der Waals surface area contributed by atoms with Gasteiger partial charge in [-0.15, -0.1) is 11.3 Å². The lowest BCUT2D eigenvalue weighted by atomic mass is 9.83. The smallest absolute Gasteiger partial charge is 0.266 e. The van der Waals surface area contributed by atoms with Crippen molar-refractivity contribution in [3.63, 3.8) is 0 Å². The van der Waals surface area contributed by atoms with Gasteiger partial charge in [0.25, 0.3) is 5.91 Å². The van der Waals surface area contributed by atoms with Crippen LogP contribution in [-0.4, -0.2) is 23.3 Å². The summed E-state index contributed by atoms with van der Waals surface area (Å²) < 4.78 is 0. The monoisotopic (exact) mass is 361 g/mol. The Balaban J connectivity index is 1.74. The van der Waals surface area contributed by atoms with Gasteiger partial charge in [0.2, 0.25) is 0 Å². The number of rotatable bonds is 5. The number of benzene rings is 2. The summed E-state index contributed by atoms with van der Waals surface area (Å²) in [7, 11) is 0. The Hall–Kier alpha value is -2.92. The molecule has 0 bridgehead atoms. The summed E-state index contributed by atoms with van der Waals surface area (Å²) in [6.45, 7) is 0.524. The van der Waals surface area contributed by atoms with Crippen LogP contribution < -0.4 is 5.73 Å². The van der Waals surface area contributed by atoms with Crippen LogP contribution in [0.15, 0.2) is 83.2 Å². The van der Waals surface area contributed by atoms with Crippen LogP contribution in [0.25, 0.3) is 0 Å². The highest BCUT2D eigenvalue weighted by atomic mass is 32.1. The number of nitrogens with zero attached hydrogens (tertiary/aromatic N) is 2. The highest BCUT2D eigenvalue weighted by Crippen LogP contribution is 2.39. The van der Waals surface area contributed by atoms with Crippen LogP contribution in [0.1, 0.15) is 16.0 Å². The molecule has 0 atom stereocenters. The minimum Gasteiger partial charge on any atom is -0.369 e. The van der Waals surface area contributed by atoms with Crippen molar-refractivity contribution < 1.29 is 4.79 Å². The maximum absolute atomic E-state index is 13.5. The zero-order chi connectivity index (χ0) is 18.0. The summed E-state index contributed by atoms with van der Waals surface area (Å²) in [5.74, 6) is 0.184. The quantitative estimate of drug-likeness (QED) is 0.757. The molecule has 130 valence electrons. The summed E-state index contributed by atoms with van der Waals surface area (Å²) in [6.07, 6.45) is 0.763. The second-order valence-electron chi connectivity index (χ2n) is 6.20. The average Bonchev–Trinajstić information content (AvgIpc) is 3.29. The van der Waals surface area contributed by atoms with Crippen LogP contribution in [0.4, 0.5) is 0 Å². The SMILES string of the molecule is NC1=NC(c2ccccc2)(c2ccccc2)C(=O)N1CCc1cccs1. The molecule has 1 aromatic heterocycles. The number of guanidine groups is 1. The molecule has 0 fully saturated rings. The zero-order valence-corrected chi connectivity index (χ0v) is 15.0. The molecule has 1 amide bonds. The third-order valence-electron chi connectivity index (χ3n) is 4.66. The maximum Gasteiger partial charge on any atom is 0.266 e. The summed E-state index contributed by atoms with van der Waals surface area (Å²) in [6, 6.07) is 23.4. The maximum atomic E-state index is 13.5. The van der Waals surface area contributed by atoms with Crippen molar-refractivity contribution in [2.75, 3.05) is 6.54 Å². The Morgan fingerprint density at radius 2 is 1.54 bits per heavy atom. The lowest BCUT2D eigenvalue weighted by molar-refractivity contribution is -0.130. The van der Waals surface area contributed by atoms with Crippen molar-refractivity contribution in [2.45, 2.75) is 12.0 Å². The van der Waals surface area contributed by atoms with E-state index in [0.717, 1.165) is 17.5 Å². The molecule has 26 heavy (non-hydrogen) atoms. The molecule has 1 aliphatic heterocycles. The molecule has 4 nitrogen and oxygen atoms in total. The van der Waals surface area contributed by atoms with Crippen LogP contribution in [0, 0.1) is 0 Å². The summed E-state index contributed by atoms with van der Waals surface area (Å²) >= 11 is 1.68. The molecule has 2 aromatic carbocycles. The van der Waals surface area contributed by atoms with Crippen LogP contribution >= 0.6 is 11.3 Å². The first-order chi connectivity index (χ1) is 12.7. The molecular weight excluding hydrogens is 342 g/mol. The van der Waals surface area contributed by atoms with E-state index in [4.69, 9.17) is 10.7 Å². The summed E-state index contributed by atoms with van der Waals surface area (Å²) in [4.78, 5) is 21.1. The molecule has 2 heterocycles. The second kappa shape index (κ2) is 6.77. The van der Waals surface area contributed by atoms with Gasteiger partial charge in [-0.05, 0) is 29.0 Å². The second-order valence-corrected chi connectivity index (χ2v) is 7.23. The van der Waals surface area contributed by atoms with E-state index in [-0.39, 0.29) is 11.9 Å². The first-order valence-corrected chi connectivity index (χ1v) is 9.40. The molecule has 0 radical (unpaired) electrons. The van der Waals surface area contributed by atoms with Crippen molar-refractivity contribution in [2.24, 2.45) is 10.7 Å². The van der Waals surface area contributed by atoms with E-state index in [0.29, 0.717) is 6.54 Å². The lowest BCUT2D eigenvalue weighted by Gasteiger charge is -2.27. The molecular formula is C21H19N3OS. The highest BCUT2D eigenvalue weighted by Gasteiger charge is 2.50. The molecule has 3 aromatic rings. The molecule has 0 spiro atoms. The van der Waals surface area contributed by atoms with Crippen LogP contribution in [0.2, 0.25) is 0 Å². The van der Waals surface area contributed by atoms with E-state index in [9.17, 15) is 4.79 Å². The summed E-state index contributed by atoms with van der Waals surface area (Å²) in [5.41, 5.74) is 6.77. The van der Waals surface area contributed by atoms with E-state index in [2.05, 4.69) is 6.07 Å². The fraction of sp³-hybridized carbons (Fsp3) is 0.143. The van der Waals surface area contributed by atoms with E-state index >= 15 is 0 Å². The van der Waals surface area contributed by atoms with Crippen molar-refractivity contribution in [1.82, 2.24) is 4.90 Å². The van der Waals surface area contributed by atoms with Crippen molar-refractivity contribution in [3.8, 4) is 0 Å². The van der Waals surface area contributed by atoms with Crippen molar-refractivity contribution in [3.05, 3.63) is 94.2 Å². The number of thiophene rings is 1. The van der Waals surface area contributed by atoms with Gasteiger partial charge in [-0.25, -0.2) is 4.99 Å². The predicted molar refractivity (Wildman–Crippen MR) is 105 cm³/mol. The molecule has 2 N–H and O–H groups in total. The Morgan fingerprint density at radius 1 is 0.923 bits per heavy atom. The number of hydrogen-bond donors (Lipinski definition) is 1. The van der Waals surface area contributed by atoms with Gasteiger partial charge in [0.05, 0.1) is 0 Å². The van der Waals surface area contributed by atoms with E-state index in [1.165, 1.54) is 4.88 Å². The number of nitrogens with two attached hydrogens (primary N) is 1. The Kier molecular flexibility index (Phi) is 4.31. The zero-order valence-electron chi connectivity index (χ0n) is 14.2. The fourth-order valence-electron chi connectivity index (χ4n) is 3.37. The minimum absolute atomic E-state index is 0.0936. The molecule has 4 rings (SSSR count). The normalized spacial score (nSPS) is 15.9. The number of hydrogen-bond acceptors (Lipinski definition) is 4. The standard InChI is InChI=1S/C21H19N3OS/c22-20-23-21(16-8-3-1-4-9-16,17-10-5-2-6-11-17)19(25)24(20)14-13-18-12-7-15-26-18/h1-12,15H,13-14H2,(H2,22,23). The van der Waals surface area contributed by atoms with E-state index in [1.54, 1.807) is 16.2 Å². The van der Waals surface area contributed by atoms with Gasteiger partial charge < -0.3 is 5.73 Å². The molecule has 0 unspecified atom stereocenters. The van der Waals surface area contributed by atoms with Gasteiger partial charge in [0.15, 0.2) is 11.5 Å². The van der Waals surface area contributed by atoms with Crippen LogP contribution in [0.3, 0.4) is 0 Å². The first kappa shape index (κ1) is 16.5. The van der Waals surface area contributed by atoms with Crippen LogP contribution in [0.5, 0.6) is 0 Å². The minimum atomic E-state index is -1.11. The molecule has 5 heteroatoms.